The largest absolute Gasteiger partial charge is 0.493 e. The van der Waals surface area contributed by atoms with Gasteiger partial charge in [0.25, 0.3) is 0 Å². The summed E-state index contributed by atoms with van der Waals surface area (Å²) in [5.41, 5.74) is -0.327. The van der Waals surface area contributed by atoms with Gasteiger partial charge in [-0.15, -0.1) is 0 Å². The molecule has 3 aromatic rings. The fourth-order valence-electron chi connectivity index (χ4n) is 4.47. The molecule has 4 rings (SSSR count). The Morgan fingerprint density at radius 3 is 2.76 bits per heavy atom. The highest BCUT2D eigenvalue weighted by molar-refractivity contribution is 5.43. The minimum atomic E-state index is -1.32. The van der Waals surface area contributed by atoms with Crippen LogP contribution in [0.2, 0.25) is 0 Å². The topological polar surface area (TPSA) is 78.2 Å². The summed E-state index contributed by atoms with van der Waals surface area (Å²) in [6.07, 6.45) is 5.51. The van der Waals surface area contributed by atoms with Crippen LogP contribution >= 0.6 is 0 Å². The molecule has 0 aliphatic carbocycles. The van der Waals surface area contributed by atoms with E-state index in [4.69, 9.17) is 18.9 Å². The predicted octanol–water partition coefficient (Wildman–Crippen LogP) is 3.84. The number of nitrogens with zero attached hydrogens (tertiary/aromatic N) is 3. The molecule has 8 nitrogen and oxygen atoms in total. The highest BCUT2D eigenvalue weighted by atomic mass is 19.2. The predicted molar refractivity (Wildman–Crippen MR) is 138 cm³/mol. The van der Waals surface area contributed by atoms with Crippen LogP contribution in [0.25, 0.3) is 0 Å². The number of ether oxygens (including phenoxy) is 4. The maximum Gasteiger partial charge on any atom is 0.162 e. The maximum atomic E-state index is 13.5. The first kappa shape index (κ1) is 27.8. The summed E-state index contributed by atoms with van der Waals surface area (Å²) in [4.78, 5) is 6.42. The number of aliphatic hydroxyl groups is 1. The Morgan fingerprint density at radius 1 is 1.11 bits per heavy atom. The average molecular weight is 532 g/mol. The Kier molecular flexibility index (Phi) is 9.54. The molecule has 0 bridgehead atoms. The zero-order valence-corrected chi connectivity index (χ0v) is 21.9. The van der Waals surface area contributed by atoms with Crippen molar-refractivity contribution in [3.8, 4) is 17.2 Å². The standard InChI is InChI=1S/C28H35F2N3O5/c1-3-27-31-9-11-33(27)10-4-13-37-26-15-21(5-8-25(26)35-2)17-32-12-14-36-19-28(34,18-32)20-38-22-6-7-23(29)24(30)16-22/h5-9,11,15-16,34H,3-4,10,12-14,17-20H2,1-2H3/t28-/m1/s1. The van der Waals surface area contributed by atoms with Gasteiger partial charge in [-0.1, -0.05) is 13.0 Å². The molecule has 2 heterocycles. The number of benzene rings is 2. The summed E-state index contributed by atoms with van der Waals surface area (Å²) in [5, 5.41) is 11.2. The van der Waals surface area contributed by atoms with Crippen molar-refractivity contribution in [3.05, 3.63) is 71.8 Å². The molecule has 1 saturated heterocycles. The molecule has 1 atom stereocenters. The molecule has 2 aromatic carbocycles. The van der Waals surface area contributed by atoms with E-state index in [1.165, 1.54) is 6.07 Å². The molecule has 0 spiro atoms. The molecule has 10 heteroatoms. The van der Waals surface area contributed by atoms with Crippen molar-refractivity contribution in [2.24, 2.45) is 0 Å². The van der Waals surface area contributed by atoms with Gasteiger partial charge in [-0.25, -0.2) is 13.8 Å². The third-order valence-electron chi connectivity index (χ3n) is 6.39. The number of methoxy groups -OCH3 is 1. The Hall–Kier alpha value is -3.21. The molecule has 1 aliphatic rings. The molecule has 0 saturated carbocycles. The summed E-state index contributed by atoms with van der Waals surface area (Å²) in [7, 11) is 1.61. The number of aromatic nitrogens is 2. The Bertz CT molecular complexity index is 1190. The number of halogens is 2. The highest BCUT2D eigenvalue weighted by Crippen LogP contribution is 2.29. The quantitative estimate of drug-likeness (QED) is 0.356. The van der Waals surface area contributed by atoms with Crippen molar-refractivity contribution < 1.29 is 32.8 Å². The van der Waals surface area contributed by atoms with Gasteiger partial charge in [-0.2, -0.15) is 0 Å². The zero-order valence-electron chi connectivity index (χ0n) is 21.9. The minimum Gasteiger partial charge on any atom is -0.493 e. The SMILES string of the molecule is CCc1nccn1CCCOc1cc(CN2CCOC[C@@](O)(COc3ccc(F)c(F)c3)C2)ccc1OC. The van der Waals surface area contributed by atoms with Gasteiger partial charge in [-0.05, 0) is 36.2 Å². The molecule has 1 aromatic heterocycles. The molecule has 1 aliphatic heterocycles. The van der Waals surface area contributed by atoms with E-state index in [9.17, 15) is 13.9 Å². The smallest absolute Gasteiger partial charge is 0.162 e. The molecule has 0 unspecified atom stereocenters. The normalized spacial score (nSPS) is 18.2. The summed E-state index contributed by atoms with van der Waals surface area (Å²) >= 11 is 0. The van der Waals surface area contributed by atoms with Crippen LogP contribution in [-0.2, 0) is 24.2 Å². The van der Waals surface area contributed by atoms with Crippen LogP contribution in [0.4, 0.5) is 8.78 Å². The first-order valence-corrected chi connectivity index (χ1v) is 12.8. The molecule has 1 fully saturated rings. The van der Waals surface area contributed by atoms with Crippen LogP contribution in [0.15, 0.2) is 48.8 Å². The van der Waals surface area contributed by atoms with Crippen molar-refractivity contribution >= 4 is 0 Å². The van der Waals surface area contributed by atoms with E-state index in [0.29, 0.717) is 37.8 Å². The van der Waals surface area contributed by atoms with Crippen LogP contribution in [0.5, 0.6) is 17.2 Å². The van der Waals surface area contributed by atoms with Crippen molar-refractivity contribution in [3.63, 3.8) is 0 Å². The second kappa shape index (κ2) is 13.0. The molecule has 206 valence electrons. The minimum absolute atomic E-state index is 0.0702. The second-order valence-electron chi connectivity index (χ2n) is 9.43. The van der Waals surface area contributed by atoms with E-state index in [1.807, 2.05) is 30.6 Å². The number of hydrogen-bond donors (Lipinski definition) is 1. The van der Waals surface area contributed by atoms with Gasteiger partial charge in [0.1, 0.15) is 23.8 Å². The second-order valence-corrected chi connectivity index (χ2v) is 9.43. The van der Waals surface area contributed by atoms with E-state index >= 15 is 0 Å². The first-order valence-electron chi connectivity index (χ1n) is 12.8. The molecular formula is C28H35F2N3O5. The van der Waals surface area contributed by atoms with E-state index in [1.54, 1.807) is 7.11 Å². The van der Waals surface area contributed by atoms with Crippen molar-refractivity contribution in [2.45, 2.75) is 38.5 Å². The average Bonchev–Trinajstić information content (AvgIpc) is 3.29. The van der Waals surface area contributed by atoms with E-state index < -0.39 is 17.2 Å². The summed E-state index contributed by atoms with van der Waals surface area (Å²) in [6.45, 7) is 5.27. The maximum absolute atomic E-state index is 13.5. The van der Waals surface area contributed by atoms with Crippen molar-refractivity contribution in [2.75, 3.05) is 46.6 Å². The molecule has 0 amide bonds. The molecule has 0 radical (unpaired) electrons. The van der Waals surface area contributed by atoms with Gasteiger partial charge in [-0.3, -0.25) is 4.90 Å². The lowest BCUT2D eigenvalue weighted by Gasteiger charge is -2.30. The molecular weight excluding hydrogens is 496 g/mol. The third kappa shape index (κ3) is 7.43. The van der Waals surface area contributed by atoms with E-state index in [-0.39, 0.29) is 25.5 Å². The lowest BCUT2D eigenvalue weighted by atomic mass is 10.1. The van der Waals surface area contributed by atoms with Gasteiger partial charge >= 0.3 is 0 Å². The summed E-state index contributed by atoms with van der Waals surface area (Å²) in [6, 6.07) is 9.08. The lowest BCUT2D eigenvalue weighted by Crippen LogP contribution is -2.48. The Labute approximate surface area is 221 Å². The number of β-amino-alcohol motifs (C(OH)–C–C–N with tert-alkyl or cyclic N) is 1. The van der Waals surface area contributed by atoms with Crippen molar-refractivity contribution in [1.82, 2.24) is 14.5 Å². The van der Waals surface area contributed by atoms with Crippen LogP contribution in [0.1, 0.15) is 24.7 Å². The number of rotatable bonds is 12. The van der Waals surface area contributed by atoms with E-state index in [0.717, 1.165) is 42.9 Å². The van der Waals surface area contributed by atoms with Crippen LogP contribution in [-0.4, -0.2) is 71.8 Å². The van der Waals surface area contributed by atoms with Crippen LogP contribution < -0.4 is 14.2 Å². The number of hydrogen-bond acceptors (Lipinski definition) is 7. The summed E-state index contributed by atoms with van der Waals surface area (Å²) < 4.78 is 51.6. The van der Waals surface area contributed by atoms with Gasteiger partial charge in [0.2, 0.25) is 0 Å². The third-order valence-corrected chi connectivity index (χ3v) is 6.39. The highest BCUT2D eigenvalue weighted by Gasteiger charge is 2.33. The Balaban J connectivity index is 1.34. The van der Waals surface area contributed by atoms with Crippen molar-refractivity contribution in [1.29, 1.82) is 0 Å². The number of aryl methyl sites for hydroxylation is 2. The first-order chi connectivity index (χ1) is 18.4. The molecule has 1 N–H and O–H groups in total. The lowest BCUT2D eigenvalue weighted by molar-refractivity contribution is -0.0647. The zero-order chi connectivity index (χ0) is 27.0. The monoisotopic (exact) mass is 531 g/mol. The Morgan fingerprint density at radius 2 is 1.97 bits per heavy atom. The fraction of sp³-hybridized carbons (Fsp3) is 0.464. The summed E-state index contributed by atoms with van der Waals surface area (Å²) in [5.74, 6) is 0.561. The van der Waals surface area contributed by atoms with Gasteiger partial charge in [0, 0.05) is 51.1 Å². The van der Waals surface area contributed by atoms with Gasteiger partial charge < -0.3 is 28.6 Å². The van der Waals surface area contributed by atoms with Crippen LogP contribution in [0.3, 0.4) is 0 Å². The number of imidazole rings is 1. The molecule has 38 heavy (non-hydrogen) atoms. The van der Waals surface area contributed by atoms with Gasteiger partial charge in [0.05, 0.1) is 26.9 Å². The van der Waals surface area contributed by atoms with Gasteiger partial charge in [0.15, 0.2) is 23.1 Å². The fourth-order valence-corrected chi connectivity index (χ4v) is 4.47. The van der Waals surface area contributed by atoms with E-state index in [2.05, 4.69) is 21.4 Å². The van der Waals surface area contributed by atoms with Crippen LogP contribution in [0, 0.1) is 11.6 Å².